The van der Waals surface area contributed by atoms with Crippen molar-refractivity contribution in [1.29, 1.82) is 0 Å². The second-order valence-electron chi connectivity index (χ2n) is 5.92. The van der Waals surface area contributed by atoms with Gasteiger partial charge in [-0.2, -0.15) is 0 Å². The largest absolute Gasteiger partial charge is 0.488 e. The van der Waals surface area contributed by atoms with Crippen molar-refractivity contribution in [2.75, 3.05) is 5.32 Å². The van der Waals surface area contributed by atoms with Gasteiger partial charge in [-0.15, -0.1) is 0 Å². The molecule has 0 aliphatic heterocycles. The van der Waals surface area contributed by atoms with Crippen molar-refractivity contribution in [3.05, 3.63) is 23.3 Å². The van der Waals surface area contributed by atoms with Gasteiger partial charge in [0, 0.05) is 5.69 Å². The molecule has 1 amide bonds. The molecular weight excluding hydrogens is 289 g/mol. The Bertz CT molecular complexity index is 579. The first-order valence-electron chi connectivity index (χ1n) is 6.71. The van der Waals surface area contributed by atoms with E-state index in [2.05, 4.69) is 5.32 Å². The maximum Gasteiger partial charge on any atom is 0.488 e. The predicted molar refractivity (Wildman–Crippen MR) is 82.2 cm³/mol. The van der Waals surface area contributed by atoms with Crippen LogP contribution in [0.4, 0.5) is 10.5 Å². The third-order valence-electron chi connectivity index (χ3n) is 2.81. The van der Waals surface area contributed by atoms with Crippen LogP contribution in [0.3, 0.4) is 0 Å². The van der Waals surface area contributed by atoms with Crippen molar-refractivity contribution in [2.45, 2.75) is 39.7 Å². The highest BCUT2D eigenvalue weighted by Gasteiger charge is 2.20. The minimum Gasteiger partial charge on any atom is -0.481 e. The van der Waals surface area contributed by atoms with Gasteiger partial charge in [0.05, 0.1) is 6.42 Å². The lowest BCUT2D eigenvalue weighted by Gasteiger charge is -2.21. The van der Waals surface area contributed by atoms with Crippen LogP contribution in [0.1, 0.15) is 31.9 Å². The van der Waals surface area contributed by atoms with E-state index in [9.17, 15) is 19.6 Å². The summed E-state index contributed by atoms with van der Waals surface area (Å²) in [5, 5.41) is 30.0. The number of rotatable bonds is 4. The molecule has 8 heteroatoms. The van der Waals surface area contributed by atoms with Gasteiger partial charge >= 0.3 is 19.2 Å². The van der Waals surface area contributed by atoms with Gasteiger partial charge < -0.3 is 19.9 Å². The Hall–Kier alpha value is -2.06. The van der Waals surface area contributed by atoms with Crippen LogP contribution in [0.2, 0.25) is 0 Å². The first kappa shape index (κ1) is 18.0. The quantitative estimate of drug-likeness (QED) is 0.607. The molecule has 0 aliphatic rings. The fourth-order valence-corrected chi connectivity index (χ4v) is 1.84. The molecule has 0 heterocycles. The average Bonchev–Trinajstić information content (AvgIpc) is 2.30. The molecule has 0 bridgehead atoms. The smallest absolute Gasteiger partial charge is 0.481 e. The lowest BCUT2D eigenvalue weighted by molar-refractivity contribution is -0.136. The highest BCUT2D eigenvalue weighted by molar-refractivity contribution is 6.58. The van der Waals surface area contributed by atoms with E-state index in [1.165, 1.54) is 12.1 Å². The average molecular weight is 309 g/mol. The zero-order valence-corrected chi connectivity index (χ0v) is 13.0. The van der Waals surface area contributed by atoms with Crippen molar-refractivity contribution in [3.8, 4) is 0 Å². The van der Waals surface area contributed by atoms with Gasteiger partial charge in [0.15, 0.2) is 0 Å². The Morgan fingerprint density at radius 2 is 1.86 bits per heavy atom. The third kappa shape index (κ3) is 5.38. The van der Waals surface area contributed by atoms with E-state index in [4.69, 9.17) is 9.84 Å². The molecule has 0 aromatic heterocycles. The Labute approximate surface area is 129 Å². The molecule has 22 heavy (non-hydrogen) atoms. The molecule has 7 nitrogen and oxygen atoms in total. The van der Waals surface area contributed by atoms with Gasteiger partial charge in [-0.3, -0.25) is 10.1 Å². The van der Waals surface area contributed by atoms with Crippen LogP contribution in [-0.4, -0.2) is 39.9 Å². The molecule has 1 aromatic carbocycles. The number of nitrogens with one attached hydrogen (secondary N) is 1. The molecule has 0 fully saturated rings. The van der Waals surface area contributed by atoms with E-state index in [1.54, 1.807) is 27.7 Å². The van der Waals surface area contributed by atoms with Gasteiger partial charge in [0.25, 0.3) is 0 Å². The number of carboxylic acid groups (broad SMARTS) is 1. The predicted octanol–water partition coefficient (Wildman–Crippen LogP) is 0.649. The van der Waals surface area contributed by atoms with E-state index >= 15 is 0 Å². The molecule has 0 spiro atoms. The first-order valence-corrected chi connectivity index (χ1v) is 6.71. The molecule has 120 valence electrons. The van der Waals surface area contributed by atoms with Crippen LogP contribution in [0, 0.1) is 6.92 Å². The van der Waals surface area contributed by atoms with Crippen LogP contribution in [0.15, 0.2) is 12.1 Å². The van der Waals surface area contributed by atoms with E-state index in [0.29, 0.717) is 11.1 Å². The molecule has 1 rings (SSSR count). The summed E-state index contributed by atoms with van der Waals surface area (Å²) in [6.45, 7) is 6.77. The minimum absolute atomic E-state index is 0.0907. The number of benzene rings is 1. The van der Waals surface area contributed by atoms with E-state index in [-0.39, 0.29) is 17.6 Å². The van der Waals surface area contributed by atoms with Gasteiger partial charge in [0.1, 0.15) is 5.60 Å². The lowest BCUT2D eigenvalue weighted by Crippen LogP contribution is -2.32. The van der Waals surface area contributed by atoms with Gasteiger partial charge in [-0.25, -0.2) is 4.79 Å². The number of carbonyl (C=O) groups excluding carboxylic acids is 1. The third-order valence-corrected chi connectivity index (χ3v) is 2.81. The topological polar surface area (TPSA) is 116 Å². The fourth-order valence-electron chi connectivity index (χ4n) is 1.84. The number of aliphatic carboxylic acids is 1. The van der Waals surface area contributed by atoms with E-state index < -0.39 is 24.8 Å². The van der Waals surface area contributed by atoms with Crippen molar-refractivity contribution >= 4 is 30.3 Å². The lowest BCUT2D eigenvalue weighted by atomic mass is 9.78. The number of hydrogen-bond acceptors (Lipinski definition) is 5. The summed E-state index contributed by atoms with van der Waals surface area (Å²) < 4.78 is 5.13. The van der Waals surface area contributed by atoms with Crippen LogP contribution in [-0.2, 0) is 16.0 Å². The van der Waals surface area contributed by atoms with Gasteiger partial charge in [-0.1, -0.05) is 6.07 Å². The molecular formula is C14H20BNO6. The normalized spacial score (nSPS) is 11.0. The SMILES string of the molecule is Cc1c(CC(=O)O)cc(B(O)O)cc1NC(=O)OC(C)(C)C. The summed E-state index contributed by atoms with van der Waals surface area (Å²) in [6, 6.07) is 2.75. The van der Waals surface area contributed by atoms with Crippen LogP contribution < -0.4 is 10.8 Å². The summed E-state index contributed by atoms with van der Waals surface area (Å²) in [4.78, 5) is 22.7. The Balaban J connectivity index is 3.14. The molecule has 4 N–H and O–H groups in total. The number of amides is 1. The zero-order chi connectivity index (χ0) is 17.1. The molecule has 0 aliphatic carbocycles. The summed E-state index contributed by atoms with van der Waals surface area (Å²) in [7, 11) is -1.77. The molecule has 0 saturated heterocycles. The number of hydrogen-bond donors (Lipinski definition) is 4. The number of carboxylic acids is 1. The monoisotopic (exact) mass is 309 g/mol. The van der Waals surface area contributed by atoms with Gasteiger partial charge in [0.2, 0.25) is 0 Å². The fraction of sp³-hybridized carbons (Fsp3) is 0.429. The van der Waals surface area contributed by atoms with Crippen molar-refractivity contribution in [1.82, 2.24) is 0 Å². The molecule has 1 aromatic rings. The highest BCUT2D eigenvalue weighted by atomic mass is 16.6. The Morgan fingerprint density at radius 3 is 2.32 bits per heavy atom. The molecule has 0 unspecified atom stereocenters. The number of ether oxygens (including phenoxy) is 1. The maximum atomic E-state index is 11.8. The van der Waals surface area contributed by atoms with Crippen LogP contribution in [0.5, 0.6) is 0 Å². The van der Waals surface area contributed by atoms with Crippen molar-refractivity contribution in [2.24, 2.45) is 0 Å². The summed E-state index contributed by atoms with van der Waals surface area (Å²) >= 11 is 0. The molecule has 0 atom stereocenters. The molecule has 0 saturated carbocycles. The first-order chi connectivity index (χ1) is 9.99. The second kappa shape index (κ2) is 6.80. The van der Waals surface area contributed by atoms with E-state index in [1.807, 2.05) is 0 Å². The zero-order valence-electron chi connectivity index (χ0n) is 13.0. The van der Waals surface area contributed by atoms with Crippen LogP contribution in [0.25, 0.3) is 0 Å². The highest BCUT2D eigenvalue weighted by Crippen LogP contribution is 2.20. The minimum atomic E-state index is -1.77. The van der Waals surface area contributed by atoms with Gasteiger partial charge in [-0.05, 0) is 50.4 Å². The second-order valence-corrected chi connectivity index (χ2v) is 5.92. The van der Waals surface area contributed by atoms with Crippen molar-refractivity contribution in [3.63, 3.8) is 0 Å². The summed E-state index contributed by atoms with van der Waals surface area (Å²) in [5.74, 6) is -1.06. The standard InChI is InChI=1S/C14H20BNO6/c1-8-9(6-12(17)18)5-10(15(20)21)7-11(8)16-13(19)22-14(2,3)4/h5,7,20-21H,6H2,1-4H3,(H,16,19)(H,17,18). The van der Waals surface area contributed by atoms with E-state index in [0.717, 1.165) is 0 Å². The Morgan fingerprint density at radius 1 is 1.27 bits per heavy atom. The Kier molecular flexibility index (Phi) is 5.56. The summed E-state index contributed by atoms with van der Waals surface area (Å²) in [5.41, 5.74) is 0.585. The van der Waals surface area contributed by atoms with Crippen molar-refractivity contribution < 1.29 is 29.5 Å². The summed E-state index contributed by atoms with van der Waals surface area (Å²) in [6.07, 6.45) is -1.00. The number of carbonyl (C=O) groups is 2. The number of anilines is 1. The maximum absolute atomic E-state index is 11.8. The molecule has 0 radical (unpaired) electrons. The van der Waals surface area contributed by atoms with Crippen LogP contribution >= 0.6 is 0 Å².